The maximum Gasteiger partial charge on any atom is 0.236 e. The molecule has 0 bridgehead atoms. The zero-order valence-electron chi connectivity index (χ0n) is 22.0. The normalized spacial score (nSPS) is 19.7. The monoisotopic (exact) mass is 532 g/mol. The van der Waals surface area contributed by atoms with E-state index in [2.05, 4.69) is 32.3 Å². The largest absolute Gasteiger partial charge is 0.508 e. The summed E-state index contributed by atoms with van der Waals surface area (Å²) in [6, 6.07) is 14.6. The molecule has 1 atom stereocenters. The Morgan fingerprint density at radius 3 is 2.41 bits per heavy atom. The van der Waals surface area contributed by atoms with E-state index >= 15 is 0 Å². The van der Waals surface area contributed by atoms with Crippen molar-refractivity contribution in [3.63, 3.8) is 0 Å². The number of aromatic hydroxyl groups is 1. The van der Waals surface area contributed by atoms with Crippen molar-refractivity contribution in [2.75, 3.05) is 62.7 Å². The first kappa shape index (κ1) is 26.6. The van der Waals surface area contributed by atoms with Crippen LogP contribution in [-0.2, 0) is 9.59 Å². The van der Waals surface area contributed by atoms with Crippen LogP contribution >= 0.6 is 0 Å². The Hall–Kier alpha value is -4.05. The number of carbonyl (C=O) groups excluding carboxylic acids is 2. The number of nitrogens with one attached hydrogen (secondary N) is 1. The Kier molecular flexibility index (Phi) is 7.74. The Balaban J connectivity index is 1.12. The molecule has 2 aromatic carbocycles. The predicted octanol–water partition coefficient (Wildman–Crippen LogP) is 3.11. The molecule has 2 saturated heterocycles. The van der Waals surface area contributed by atoms with Gasteiger partial charge < -0.3 is 20.2 Å². The number of benzene rings is 2. The molecule has 39 heavy (non-hydrogen) atoms. The average Bonchev–Trinajstić information content (AvgIpc) is 3.40. The number of likely N-dealkylation sites (tertiary alicyclic amines) is 1. The van der Waals surface area contributed by atoms with Crippen LogP contribution in [0.4, 0.5) is 15.8 Å². The lowest BCUT2D eigenvalue weighted by atomic mass is 9.87. The molecule has 9 nitrogen and oxygen atoms in total. The first-order chi connectivity index (χ1) is 18.9. The lowest BCUT2D eigenvalue weighted by molar-refractivity contribution is -0.133. The molecule has 1 aromatic heterocycles. The van der Waals surface area contributed by atoms with E-state index in [0.29, 0.717) is 43.1 Å². The molecule has 204 valence electrons. The second-order valence-corrected chi connectivity index (χ2v) is 10.3. The van der Waals surface area contributed by atoms with Gasteiger partial charge in [0.1, 0.15) is 12.4 Å². The number of halogens is 1. The van der Waals surface area contributed by atoms with Gasteiger partial charge in [-0.25, -0.2) is 14.4 Å². The third kappa shape index (κ3) is 5.85. The van der Waals surface area contributed by atoms with Crippen molar-refractivity contribution in [1.29, 1.82) is 0 Å². The molecule has 3 aromatic rings. The van der Waals surface area contributed by atoms with Crippen LogP contribution < -0.4 is 10.2 Å². The number of rotatable bonds is 7. The number of phenolic OH excluding ortho intramolecular Hbond substituents is 1. The van der Waals surface area contributed by atoms with E-state index in [1.54, 1.807) is 37.5 Å². The van der Waals surface area contributed by atoms with Gasteiger partial charge in [-0.15, -0.1) is 0 Å². The summed E-state index contributed by atoms with van der Waals surface area (Å²) in [5.74, 6) is 0.417. The van der Waals surface area contributed by atoms with Gasteiger partial charge in [-0.05, 0) is 74.0 Å². The molecule has 2 N–H and O–H groups in total. The highest BCUT2D eigenvalue weighted by Gasteiger charge is 2.45. The first-order valence-corrected chi connectivity index (χ1v) is 13.2. The molecule has 5 rings (SSSR count). The fourth-order valence-electron chi connectivity index (χ4n) is 5.22. The van der Waals surface area contributed by atoms with E-state index in [-0.39, 0.29) is 24.7 Å². The molecule has 0 aliphatic carbocycles. The number of piperazine rings is 1. The van der Waals surface area contributed by atoms with Gasteiger partial charge >= 0.3 is 0 Å². The van der Waals surface area contributed by atoms with Gasteiger partial charge in [0, 0.05) is 62.1 Å². The molecule has 2 fully saturated rings. The Morgan fingerprint density at radius 1 is 1.03 bits per heavy atom. The van der Waals surface area contributed by atoms with Crippen LogP contribution in [0.3, 0.4) is 0 Å². The number of hydrogen-bond acceptors (Lipinski definition) is 7. The number of nitrogens with zero attached hydrogens (tertiary/aromatic N) is 5. The quantitative estimate of drug-likeness (QED) is 0.451. The van der Waals surface area contributed by atoms with Crippen LogP contribution in [0.5, 0.6) is 5.75 Å². The van der Waals surface area contributed by atoms with Crippen molar-refractivity contribution in [2.24, 2.45) is 5.41 Å². The molecule has 0 spiro atoms. The highest BCUT2D eigenvalue weighted by atomic mass is 19.1. The van der Waals surface area contributed by atoms with Gasteiger partial charge in [-0.2, -0.15) is 0 Å². The Morgan fingerprint density at radius 2 is 1.74 bits per heavy atom. The molecule has 2 amide bonds. The molecule has 1 unspecified atom stereocenters. The van der Waals surface area contributed by atoms with Gasteiger partial charge in [0.2, 0.25) is 11.8 Å². The van der Waals surface area contributed by atoms with E-state index < -0.39 is 18.0 Å². The van der Waals surface area contributed by atoms with Crippen molar-refractivity contribution >= 4 is 23.2 Å². The summed E-state index contributed by atoms with van der Waals surface area (Å²) < 4.78 is 14.2. The van der Waals surface area contributed by atoms with Crippen LogP contribution in [0.25, 0.3) is 11.4 Å². The third-order valence-electron chi connectivity index (χ3n) is 7.67. The van der Waals surface area contributed by atoms with Gasteiger partial charge in [0.25, 0.3) is 0 Å². The predicted molar refractivity (Wildman–Crippen MR) is 147 cm³/mol. The lowest BCUT2D eigenvalue weighted by Gasteiger charge is -2.37. The van der Waals surface area contributed by atoms with Crippen molar-refractivity contribution in [3.8, 4) is 17.1 Å². The Labute approximate surface area is 227 Å². The number of anilines is 2. The van der Waals surface area contributed by atoms with Gasteiger partial charge in [0.05, 0.1) is 12.0 Å². The number of alkyl halides is 1. The summed E-state index contributed by atoms with van der Waals surface area (Å²) in [6.45, 7) is 4.41. The summed E-state index contributed by atoms with van der Waals surface area (Å²) >= 11 is 0. The molecule has 3 heterocycles. The minimum Gasteiger partial charge on any atom is -0.508 e. The van der Waals surface area contributed by atoms with Gasteiger partial charge in [-0.3, -0.25) is 14.5 Å². The number of hydrogen-bond donors (Lipinski definition) is 2. The smallest absolute Gasteiger partial charge is 0.236 e. The third-order valence-corrected chi connectivity index (χ3v) is 7.67. The summed E-state index contributed by atoms with van der Waals surface area (Å²) in [5, 5.41) is 12.5. The molecule has 2 aliphatic rings. The summed E-state index contributed by atoms with van der Waals surface area (Å²) in [7, 11) is 0. The molecule has 0 saturated carbocycles. The van der Waals surface area contributed by atoms with Crippen molar-refractivity contribution in [2.45, 2.75) is 13.3 Å². The number of aromatic nitrogens is 2. The second-order valence-electron chi connectivity index (χ2n) is 10.3. The number of phenols is 1. The highest BCUT2D eigenvalue weighted by Crippen LogP contribution is 2.33. The summed E-state index contributed by atoms with van der Waals surface area (Å²) in [4.78, 5) is 40.6. The van der Waals surface area contributed by atoms with E-state index in [1.165, 1.54) is 6.07 Å². The standard InChI is InChI=1S/C29H33FN6O3/c1-21-17-23(5-8-25(21)37)33-28(39)29(19-30)9-12-34(20-29)18-26(38)36-15-13-35(14-16-36)24-6-3-22(4-7-24)27-31-10-2-11-32-27/h2-8,10-11,17,37H,9,12-16,18-20H2,1H3,(H,33,39). The zero-order chi connectivity index (χ0) is 27.4. The van der Waals surface area contributed by atoms with E-state index in [1.807, 2.05) is 21.9 Å². The van der Waals surface area contributed by atoms with Crippen LogP contribution in [0.2, 0.25) is 0 Å². The first-order valence-electron chi connectivity index (χ1n) is 13.2. The minimum absolute atomic E-state index is 0.00421. The van der Waals surface area contributed by atoms with E-state index in [0.717, 1.165) is 24.3 Å². The molecular weight excluding hydrogens is 499 g/mol. The van der Waals surface area contributed by atoms with E-state index in [4.69, 9.17) is 0 Å². The fraction of sp³-hybridized carbons (Fsp3) is 0.379. The topological polar surface area (TPSA) is 102 Å². The minimum atomic E-state index is -1.19. The van der Waals surface area contributed by atoms with Crippen LogP contribution in [0, 0.1) is 12.3 Å². The molecule has 0 radical (unpaired) electrons. The maximum atomic E-state index is 14.2. The summed E-state index contributed by atoms with van der Waals surface area (Å²) in [6.07, 6.45) is 3.79. The average molecular weight is 533 g/mol. The van der Waals surface area contributed by atoms with Crippen molar-refractivity contribution in [3.05, 3.63) is 66.5 Å². The zero-order valence-corrected chi connectivity index (χ0v) is 22.0. The number of amides is 2. The second kappa shape index (κ2) is 11.4. The summed E-state index contributed by atoms with van der Waals surface area (Å²) in [5.41, 5.74) is 1.99. The van der Waals surface area contributed by atoms with E-state index in [9.17, 15) is 19.1 Å². The lowest BCUT2D eigenvalue weighted by Crippen LogP contribution is -2.51. The Bertz CT molecular complexity index is 1310. The van der Waals surface area contributed by atoms with Crippen LogP contribution in [0.1, 0.15) is 12.0 Å². The van der Waals surface area contributed by atoms with Crippen LogP contribution in [-0.4, -0.2) is 89.2 Å². The van der Waals surface area contributed by atoms with Crippen molar-refractivity contribution < 1.29 is 19.1 Å². The molecule has 2 aliphatic heterocycles. The van der Waals surface area contributed by atoms with Crippen LogP contribution in [0.15, 0.2) is 60.9 Å². The fourth-order valence-corrected chi connectivity index (χ4v) is 5.22. The van der Waals surface area contributed by atoms with Gasteiger partial charge in [-0.1, -0.05) is 0 Å². The number of carbonyl (C=O) groups is 2. The number of aryl methyl sites for hydroxylation is 1. The molecule has 10 heteroatoms. The van der Waals surface area contributed by atoms with Crippen molar-refractivity contribution in [1.82, 2.24) is 19.8 Å². The highest BCUT2D eigenvalue weighted by molar-refractivity contribution is 5.96. The van der Waals surface area contributed by atoms with Gasteiger partial charge in [0.15, 0.2) is 5.82 Å². The maximum absolute atomic E-state index is 14.2. The molecular formula is C29H33FN6O3. The SMILES string of the molecule is Cc1cc(NC(=O)C2(CF)CCN(CC(=O)N3CCN(c4ccc(-c5ncccn5)cc4)CC3)C2)ccc1O.